The Balaban J connectivity index is 1.51. The molecule has 0 atom stereocenters. The molecule has 0 bridgehead atoms. The first-order valence-electron chi connectivity index (χ1n) is 14.9. The molecule has 0 N–H and O–H groups in total. The summed E-state index contributed by atoms with van der Waals surface area (Å²) in [5, 5.41) is 3.66. The van der Waals surface area contributed by atoms with Crippen LogP contribution in [0.2, 0.25) is 0 Å². The first-order chi connectivity index (χ1) is 20.8. The molecule has 0 aliphatic carbocycles. The fourth-order valence-corrected chi connectivity index (χ4v) is 6.13. The van der Waals surface area contributed by atoms with Gasteiger partial charge in [-0.1, -0.05) is 71.8 Å². The van der Waals surface area contributed by atoms with E-state index < -0.39 is 0 Å². The predicted molar refractivity (Wildman–Crippen MR) is 182 cm³/mol. The van der Waals surface area contributed by atoms with Crippen molar-refractivity contribution >= 4 is 21.7 Å². The van der Waals surface area contributed by atoms with E-state index in [0.717, 1.165) is 16.8 Å². The van der Waals surface area contributed by atoms with Gasteiger partial charge in [-0.05, 0) is 138 Å². The van der Waals surface area contributed by atoms with Crippen LogP contribution in [-0.2, 0) is 0 Å². The number of hydrogen-bond donors (Lipinski definition) is 0. The van der Waals surface area contributed by atoms with Crippen LogP contribution in [-0.4, -0.2) is 9.97 Å². The first kappa shape index (κ1) is 26.8. The molecule has 0 unspecified atom stereocenters. The van der Waals surface area contributed by atoms with Crippen LogP contribution >= 0.6 is 0 Å². The summed E-state index contributed by atoms with van der Waals surface area (Å²) in [5.41, 5.74) is 16.5. The van der Waals surface area contributed by atoms with E-state index in [9.17, 15) is 0 Å². The molecule has 2 nitrogen and oxygen atoms in total. The van der Waals surface area contributed by atoms with Crippen molar-refractivity contribution in [1.29, 1.82) is 0 Å². The van der Waals surface area contributed by atoms with E-state index >= 15 is 0 Å². The summed E-state index contributed by atoms with van der Waals surface area (Å²) in [6.07, 6.45) is 3.86. The van der Waals surface area contributed by atoms with Gasteiger partial charge >= 0.3 is 0 Å². The van der Waals surface area contributed by atoms with Crippen molar-refractivity contribution in [3.8, 4) is 44.6 Å². The second-order valence-electron chi connectivity index (χ2n) is 11.9. The topological polar surface area (TPSA) is 25.8 Å². The Bertz CT molecular complexity index is 2190. The van der Waals surface area contributed by atoms with Crippen molar-refractivity contribution < 1.29 is 0 Å². The monoisotopic (exact) mass is 554 g/mol. The van der Waals surface area contributed by atoms with Gasteiger partial charge in [0.05, 0.1) is 11.2 Å². The molecule has 7 aromatic rings. The van der Waals surface area contributed by atoms with Gasteiger partial charge in [0.25, 0.3) is 0 Å². The maximum absolute atomic E-state index is 4.78. The third kappa shape index (κ3) is 5.00. The van der Waals surface area contributed by atoms with Gasteiger partial charge < -0.3 is 0 Å². The minimum Gasteiger partial charge on any atom is -0.256 e. The van der Waals surface area contributed by atoms with E-state index in [4.69, 9.17) is 9.97 Å². The molecule has 0 fully saturated rings. The van der Waals surface area contributed by atoms with Gasteiger partial charge in [0.15, 0.2) is 0 Å². The largest absolute Gasteiger partial charge is 0.256 e. The number of fused-ring (bicyclic) bond motifs is 3. The Hall–Kier alpha value is -5.08. The summed E-state index contributed by atoms with van der Waals surface area (Å²) in [6.45, 7) is 10.8. The summed E-state index contributed by atoms with van der Waals surface area (Å²) in [5.74, 6) is 0. The van der Waals surface area contributed by atoms with Crippen molar-refractivity contribution in [2.75, 3.05) is 0 Å². The number of nitrogens with zero attached hydrogens (tertiary/aromatic N) is 2. The minimum absolute atomic E-state index is 1.00. The summed E-state index contributed by atoms with van der Waals surface area (Å²) >= 11 is 0. The Morgan fingerprint density at radius 3 is 2.02 bits per heavy atom. The number of benzene rings is 5. The molecule has 208 valence electrons. The van der Waals surface area contributed by atoms with E-state index in [0.29, 0.717) is 0 Å². The highest BCUT2D eigenvalue weighted by Gasteiger charge is 2.15. The predicted octanol–water partition coefficient (Wildman–Crippen LogP) is 11.0. The van der Waals surface area contributed by atoms with Crippen molar-refractivity contribution in [2.45, 2.75) is 34.6 Å². The summed E-state index contributed by atoms with van der Waals surface area (Å²) < 4.78 is 0. The van der Waals surface area contributed by atoms with Crippen molar-refractivity contribution in [3.63, 3.8) is 0 Å². The fraction of sp³-hybridized carbons (Fsp3) is 0.122. The molecule has 5 aromatic carbocycles. The maximum Gasteiger partial charge on any atom is 0.0714 e. The zero-order valence-electron chi connectivity index (χ0n) is 25.4. The number of aryl methyl sites for hydroxylation is 5. The molecular weight excluding hydrogens is 520 g/mol. The van der Waals surface area contributed by atoms with E-state index in [1.165, 1.54) is 77.4 Å². The number of pyridine rings is 2. The number of hydrogen-bond acceptors (Lipinski definition) is 2. The molecule has 2 heteroatoms. The molecule has 2 heterocycles. The number of rotatable bonds is 4. The van der Waals surface area contributed by atoms with Gasteiger partial charge in [-0.25, -0.2) is 0 Å². The van der Waals surface area contributed by atoms with Crippen LogP contribution in [0, 0.1) is 34.6 Å². The van der Waals surface area contributed by atoms with Gasteiger partial charge in [0.1, 0.15) is 0 Å². The lowest BCUT2D eigenvalue weighted by Crippen LogP contribution is -1.93. The van der Waals surface area contributed by atoms with E-state index in [-0.39, 0.29) is 0 Å². The normalized spacial score (nSPS) is 11.4. The van der Waals surface area contributed by atoms with Crippen LogP contribution in [0.5, 0.6) is 0 Å². The fourth-order valence-electron chi connectivity index (χ4n) is 6.13. The Morgan fingerprint density at radius 1 is 0.419 bits per heavy atom. The summed E-state index contributed by atoms with van der Waals surface area (Å²) in [7, 11) is 0. The van der Waals surface area contributed by atoms with Crippen LogP contribution in [0.15, 0.2) is 116 Å². The Morgan fingerprint density at radius 2 is 1.21 bits per heavy atom. The van der Waals surface area contributed by atoms with Crippen molar-refractivity contribution in [2.24, 2.45) is 0 Å². The van der Waals surface area contributed by atoms with Crippen LogP contribution < -0.4 is 0 Å². The van der Waals surface area contributed by atoms with Gasteiger partial charge in [-0.3, -0.25) is 9.97 Å². The SMILES string of the molecule is Cc1cccc(-c2cc(-c3cc(-c4cc(C)c(C)cn4)ccc3C)cc(-c3cc4ncccc4c4ccc(C)cc34)c2)c1. The smallest absolute Gasteiger partial charge is 0.0714 e. The summed E-state index contributed by atoms with van der Waals surface area (Å²) in [4.78, 5) is 9.56. The van der Waals surface area contributed by atoms with Crippen molar-refractivity contribution in [3.05, 3.63) is 143 Å². The maximum atomic E-state index is 4.78. The Labute approximate surface area is 253 Å². The molecule has 0 aliphatic heterocycles. The highest BCUT2D eigenvalue weighted by molar-refractivity contribution is 6.13. The molecule has 0 aliphatic rings. The van der Waals surface area contributed by atoms with Gasteiger partial charge in [-0.2, -0.15) is 0 Å². The second kappa shape index (κ2) is 10.6. The minimum atomic E-state index is 1.00. The third-order valence-electron chi connectivity index (χ3n) is 8.69. The van der Waals surface area contributed by atoms with Crippen LogP contribution in [0.4, 0.5) is 0 Å². The molecule has 43 heavy (non-hydrogen) atoms. The van der Waals surface area contributed by atoms with Crippen molar-refractivity contribution in [1.82, 2.24) is 9.97 Å². The van der Waals surface area contributed by atoms with Gasteiger partial charge in [0.2, 0.25) is 0 Å². The molecule has 0 amide bonds. The lowest BCUT2D eigenvalue weighted by atomic mass is 9.88. The summed E-state index contributed by atoms with van der Waals surface area (Å²) in [6, 6.07) is 37.9. The highest BCUT2D eigenvalue weighted by atomic mass is 14.7. The average molecular weight is 555 g/mol. The van der Waals surface area contributed by atoms with E-state index in [1.807, 2.05) is 18.5 Å². The zero-order valence-corrected chi connectivity index (χ0v) is 25.4. The molecule has 0 spiro atoms. The average Bonchev–Trinajstić information content (AvgIpc) is 3.02. The number of aromatic nitrogens is 2. The second-order valence-corrected chi connectivity index (χ2v) is 11.9. The standard InChI is InChI=1S/C41H34N2/c1-25-8-6-9-30(16-25)32-19-33(37-22-31(13-12-27(37)3)40-18-28(4)29(5)24-43-40)21-34(20-32)38-23-41-36(10-7-15-42-41)35-14-11-26(2)17-39(35)38/h6-24H,1-5H3. The van der Waals surface area contributed by atoms with E-state index in [1.54, 1.807) is 0 Å². The zero-order chi connectivity index (χ0) is 29.7. The van der Waals surface area contributed by atoms with Gasteiger partial charge in [0, 0.05) is 23.3 Å². The Kier molecular flexibility index (Phi) is 6.63. The van der Waals surface area contributed by atoms with E-state index in [2.05, 4.69) is 132 Å². The van der Waals surface area contributed by atoms with Gasteiger partial charge in [-0.15, -0.1) is 0 Å². The van der Waals surface area contributed by atoms with Crippen LogP contribution in [0.25, 0.3) is 66.3 Å². The molecule has 0 radical (unpaired) electrons. The lowest BCUT2D eigenvalue weighted by Gasteiger charge is -2.16. The molecule has 7 rings (SSSR count). The van der Waals surface area contributed by atoms with Crippen LogP contribution in [0.3, 0.4) is 0 Å². The third-order valence-corrected chi connectivity index (χ3v) is 8.69. The first-order valence-corrected chi connectivity index (χ1v) is 14.9. The molecule has 0 saturated carbocycles. The molecule has 0 saturated heterocycles. The quantitative estimate of drug-likeness (QED) is 0.202. The molecular formula is C41H34N2. The molecule has 2 aromatic heterocycles. The van der Waals surface area contributed by atoms with Crippen LogP contribution in [0.1, 0.15) is 27.8 Å². The highest BCUT2D eigenvalue weighted by Crippen LogP contribution is 2.40. The lowest BCUT2D eigenvalue weighted by molar-refractivity contribution is 1.22.